The molecule has 0 radical (unpaired) electrons. The number of hydrogen-bond acceptors (Lipinski definition) is 7. The van der Waals surface area contributed by atoms with Crippen molar-refractivity contribution in [2.75, 3.05) is 18.0 Å². The predicted molar refractivity (Wildman–Crippen MR) is 69.6 cm³/mol. The fourth-order valence-electron chi connectivity index (χ4n) is 1.56. The van der Waals surface area contributed by atoms with Gasteiger partial charge in [0.1, 0.15) is 0 Å². The molecule has 0 saturated carbocycles. The molecule has 0 amide bonds. The SMILES string of the molecule is Nc1nnc(S(=O)(=O)NCC2CCCCS2)s1. The minimum atomic E-state index is -3.54. The lowest BCUT2D eigenvalue weighted by molar-refractivity contribution is 0.572. The van der Waals surface area contributed by atoms with E-state index in [2.05, 4.69) is 14.9 Å². The second kappa shape index (κ2) is 5.51. The third-order valence-corrected chi connectivity index (χ3v) is 6.37. The molecule has 0 aliphatic carbocycles. The van der Waals surface area contributed by atoms with Gasteiger partial charge in [0, 0.05) is 11.8 Å². The van der Waals surface area contributed by atoms with Gasteiger partial charge < -0.3 is 5.73 Å². The van der Waals surface area contributed by atoms with E-state index in [-0.39, 0.29) is 9.47 Å². The molecule has 0 aromatic carbocycles. The lowest BCUT2D eigenvalue weighted by Gasteiger charge is -2.20. The molecule has 3 N–H and O–H groups in total. The smallest absolute Gasteiger partial charge is 0.269 e. The minimum absolute atomic E-state index is 0.0594. The Labute approximate surface area is 108 Å². The van der Waals surface area contributed by atoms with Gasteiger partial charge in [0.25, 0.3) is 10.0 Å². The van der Waals surface area contributed by atoms with Crippen LogP contribution in [0.5, 0.6) is 0 Å². The van der Waals surface area contributed by atoms with Crippen LogP contribution in [-0.4, -0.2) is 36.2 Å². The number of nitrogens with two attached hydrogens (primary N) is 1. The summed E-state index contributed by atoms with van der Waals surface area (Å²) >= 11 is 2.70. The molecule has 1 atom stereocenters. The van der Waals surface area contributed by atoms with E-state index < -0.39 is 10.0 Å². The van der Waals surface area contributed by atoms with Crippen LogP contribution in [0.2, 0.25) is 0 Å². The first-order chi connectivity index (χ1) is 8.08. The highest BCUT2D eigenvalue weighted by atomic mass is 32.2. The first-order valence-corrected chi connectivity index (χ1v) is 8.63. The van der Waals surface area contributed by atoms with Gasteiger partial charge in [-0.1, -0.05) is 17.8 Å². The summed E-state index contributed by atoms with van der Waals surface area (Å²) in [5.74, 6) is 1.11. The van der Waals surface area contributed by atoms with Crippen molar-refractivity contribution in [2.24, 2.45) is 0 Å². The molecule has 1 aromatic heterocycles. The molecule has 1 aliphatic heterocycles. The maximum atomic E-state index is 11.8. The first-order valence-electron chi connectivity index (χ1n) is 5.28. The van der Waals surface area contributed by atoms with E-state index in [1.807, 2.05) is 11.8 Å². The molecule has 1 aliphatic rings. The van der Waals surface area contributed by atoms with Gasteiger partial charge in [-0.2, -0.15) is 11.8 Å². The van der Waals surface area contributed by atoms with Crippen LogP contribution >= 0.6 is 23.1 Å². The van der Waals surface area contributed by atoms with E-state index >= 15 is 0 Å². The number of sulfonamides is 1. The van der Waals surface area contributed by atoms with E-state index in [9.17, 15) is 8.42 Å². The minimum Gasteiger partial charge on any atom is -0.374 e. The molecule has 1 unspecified atom stereocenters. The maximum Gasteiger partial charge on any atom is 0.269 e. The van der Waals surface area contributed by atoms with Gasteiger partial charge in [0.05, 0.1) is 0 Å². The molecule has 1 fully saturated rings. The van der Waals surface area contributed by atoms with E-state index in [0.717, 1.165) is 23.5 Å². The molecule has 0 bridgehead atoms. The fourth-order valence-corrected chi connectivity index (χ4v) is 4.81. The van der Waals surface area contributed by atoms with Gasteiger partial charge in [-0.3, -0.25) is 0 Å². The highest BCUT2D eigenvalue weighted by Gasteiger charge is 2.22. The zero-order valence-electron chi connectivity index (χ0n) is 9.13. The number of anilines is 1. The summed E-state index contributed by atoms with van der Waals surface area (Å²) in [6.07, 6.45) is 3.46. The number of nitrogens with zero attached hydrogens (tertiary/aromatic N) is 2. The number of thioether (sulfide) groups is 1. The number of nitrogen functional groups attached to an aromatic ring is 1. The monoisotopic (exact) mass is 294 g/mol. The molecule has 0 spiro atoms. The average Bonchev–Trinajstić information content (AvgIpc) is 2.76. The summed E-state index contributed by atoms with van der Waals surface area (Å²) in [4.78, 5) is 0. The molecule has 17 heavy (non-hydrogen) atoms. The van der Waals surface area contributed by atoms with E-state index in [1.54, 1.807) is 0 Å². The fraction of sp³-hybridized carbons (Fsp3) is 0.750. The molecule has 96 valence electrons. The molecule has 2 rings (SSSR count). The maximum absolute atomic E-state index is 11.8. The zero-order chi connectivity index (χ0) is 12.3. The number of aromatic nitrogens is 2. The third kappa shape index (κ3) is 3.54. The van der Waals surface area contributed by atoms with E-state index in [4.69, 9.17) is 5.73 Å². The van der Waals surface area contributed by atoms with Crippen molar-refractivity contribution in [1.29, 1.82) is 0 Å². The van der Waals surface area contributed by atoms with Gasteiger partial charge in [0.15, 0.2) is 0 Å². The Hall–Kier alpha value is -0.380. The van der Waals surface area contributed by atoms with Crippen LogP contribution in [0.1, 0.15) is 19.3 Å². The van der Waals surface area contributed by atoms with Crippen LogP contribution in [-0.2, 0) is 10.0 Å². The second-order valence-corrected chi connectivity index (χ2v) is 8.10. The Morgan fingerprint density at radius 3 is 2.82 bits per heavy atom. The number of nitrogens with one attached hydrogen (secondary N) is 1. The Morgan fingerprint density at radius 2 is 2.24 bits per heavy atom. The predicted octanol–water partition coefficient (Wildman–Crippen LogP) is 0.684. The number of hydrogen-bond donors (Lipinski definition) is 2. The van der Waals surface area contributed by atoms with Crippen molar-refractivity contribution in [1.82, 2.24) is 14.9 Å². The van der Waals surface area contributed by atoms with Gasteiger partial charge in [-0.25, -0.2) is 13.1 Å². The van der Waals surface area contributed by atoms with Crippen molar-refractivity contribution >= 4 is 38.3 Å². The first kappa shape index (κ1) is 13.1. The molecule has 2 heterocycles. The second-order valence-electron chi connectivity index (χ2n) is 3.75. The van der Waals surface area contributed by atoms with Crippen LogP contribution in [0, 0.1) is 0 Å². The Kier molecular flexibility index (Phi) is 4.23. The summed E-state index contributed by atoms with van der Waals surface area (Å²) in [5, 5.41) is 7.57. The molecular formula is C8H14N4O2S3. The van der Waals surface area contributed by atoms with Crippen LogP contribution in [0.25, 0.3) is 0 Å². The van der Waals surface area contributed by atoms with Crippen LogP contribution in [0.15, 0.2) is 4.34 Å². The molecule has 6 nitrogen and oxygen atoms in total. The van der Waals surface area contributed by atoms with Gasteiger partial charge >= 0.3 is 0 Å². The Morgan fingerprint density at radius 1 is 1.41 bits per heavy atom. The normalized spacial score (nSPS) is 21.5. The zero-order valence-corrected chi connectivity index (χ0v) is 11.6. The van der Waals surface area contributed by atoms with Gasteiger partial charge in [-0.15, -0.1) is 10.2 Å². The summed E-state index contributed by atoms with van der Waals surface area (Å²) < 4.78 is 26.1. The highest BCUT2D eigenvalue weighted by molar-refractivity contribution is 8.00. The van der Waals surface area contributed by atoms with Crippen molar-refractivity contribution in [3.05, 3.63) is 0 Å². The molecule has 1 saturated heterocycles. The molecule has 1 aromatic rings. The van der Waals surface area contributed by atoms with Crippen molar-refractivity contribution in [3.63, 3.8) is 0 Å². The Balaban J connectivity index is 1.93. The number of rotatable bonds is 4. The highest BCUT2D eigenvalue weighted by Crippen LogP contribution is 2.25. The largest absolute Gasteiger partial charge is 0.374 e. The topological polar surface area (TPSA) is 98.0 Å². The lowest BCUT2D eigenvalue weighted by Crippen LogP contribution is -2.31. The van der Waals surface area contributed by atoms with Gasteiger partial charge in [0.2, 0.25) is 9.47 Å². The van der Waals surface area contributed by atoms with Crippen molar-refractivity contribution in [3.8, 4) is 0 Å². The average molecular weight is 294 g/mol. The van der Waals surface area contributed by atoms with Crippen LogP contribution in [0.4, 0.5) is 5.13 Å². The third-order valence-electron chi connectivity index (χ3n) is 2.43. The van der Waals surface area contributed by atoms with E-state index in [0.29, 0.717) is 11.8 Å². The quantitative estimate of drug-likeness (QED) is 0.847. The summed E-state index contributed by atoms with van der Waals surface area (Å²) in [7, 11) is -3.54. The molecular weight excluding hydrogens is 280 g/mol. The van der Waals surface area contributed by atoms with Gasteiger partial charge in [-0.05, 0) is 18.6 Å². The van der Waals surface area contributed by atoms with E-state index in [1.165, 1.54) is 12.8 Å². The van der Waals surface area contributed by atoms with Crippen LogP contribution in [0.3, 0.4) is 0 Å². The summed E-state index contributed by atoms with van der Waals surface area (Å²) in [6.45, 7) is 0.451. The lowest BCUT2D eigenvalue weighted by atomic mass is 10.2. The summed E-state index contributed by atoms with van der Waals surface area (Å²) in [5.41, 5.74) is 5.36. The van der Waals surface area contributed by atoms with Crippen LogP contribution < -0.4 is 10.5 Å². The van der Waals surface area contributed by atoms with Crippen molar-refractivity contribution < 1.29 is 8.42 Å². The molecule has 9 heteroatoms. The summed E-state index contributed by atoms with van der Waals surface area (Å²) in [6, 6.07) is 0. The van der Waals surface area contributed by atoms with Crippen molar-refractivity contribution in [2.45, 2.75) is 28.9 Å². The Bertz CT molecular complexity index is 467. The standard InChI is InChI=1S/C8H14N4O2S3/c9-7-11-12-8(16-7)17(13,14)10-5-6-3-1-2-4-15-6/h6,10H,1-5H2,(H2,9,11).